The number of carbonyl (C=O) groups is 1. The van der Waals surface area contributed by atoms with Crippen molar-refractivity contribution in [1.29, 1.82) is 0 Å². The summed E-state index contributed by atoms with van der Waals surface area (Å²) in [5, 5.41) is 0. The number of anilines is 1. The molecule has 142 valence electrons. The van der Waals surface area contributed by atoms with Crippen LogP contribution in [0, 0.1) is 12.7 Å². The van der Waals surface area contributed by atoms with Crippen LogP contribution < -0.4 is 4.90 Å². The lowest BCUT2D eigenvalue weighted by Crippen LogP contribution is -2.52. The Morgan fingerprint density at radius 2 is 1.85 bits per heavy atom. The summed E-state index contributed by atoms with van der Waals surface area (Å²) in [7, 11) is 0. The Balaban J connectivity index is 1.66. The first-order valence-corrected chi connectivity index (χ1v) is 9.79. The molecule has 2 heterocycles. The number of hydrogen-bond donors (Lipinski definition) is 0. The van der Waals surface area contributed by atoms with E-state index in [0.717, 1.165) is 42.6 Å². The summed E-state index contributed by atoms with van der Waals surface area (Å²) in [6.07, 6.45) is 2.90. The molecule has 27 heavy (non-hydrogen) atoms. The van der Waals surface area contributed by atoms with Gasteiger partial charge in [-0.25, -0.2) is 4.39 Å². The van der Waals surface area contributed by atoms with Crippen LogP contribution in [0.15, 0.2) is 48.5 Å². The summed E-state index contributed by atoms with van der Waals surface area (Å²) in [4.78, 5) is 17.6. The maximum atomic E-state index is 13.9. The Hall–Kier alpha value is -2.36. The average molecular weight is 366 g/mol. The molecule has 0 unspecified atom stereocenters. The van der Waals surface area contributed by atoms with Gasteiger partial charge in [-0.05, 0) is 70.4 Å². The van der Waals surface area contributed by atoms with E-state index in [9.17, 15) is 9.18 Å². The van der Waals surface area contributed by atoms with Crippen LogP contribution >= 0.6 is 0 Å². The molecule has 2 aromatic rings. The minimum atomic E-state index is -0.213. The van der Waals surface area contributed by atoms with Crippen molar-refractivity contribution < 1.29 is 9.18 Å². The molecule has 0 N–H and O–H groups in total. The Kier molecular flexibility index (Phi) is 4.45. The number of carbonyl (C=O) groups excluding carboxylic acids is 1. The number of aryl methyl sites for hydroxylation is 1. The lowest BCUT2D eigenvalue weighted by Gasteiger charge is -2.42. The molecule has 0 aromatic heterocycles. The van der Waals surface area contributed by atoms with E-state index in [2.05, 4.69) is 23.6 Å². The second-order valence-corrected chi connectivity index (χ2v) is 8.51. The molecule has 2 fully saturated rings. The van der Waals surface area contributed by atoms with Crippen molar-refractivity contribution in [2.45, 2.75) is 57.7 Å². The quantitative estimate of drug-likeness (QED) is 0.762. The smallest absolute Gasteiger partial charge is 0.254 e. The topological polar surface area (TPSA) is 23.6 Å². The van der Waals surface area contributed by atoms with Gasteiger partial charge in [-0.1, -0.05) is 23.8 Å². The van der Waals surface area contributed by atoms with Gasteiger partial charge in [-0.2, -0.15) is 0 Å². The first kappa shape index (κ1) is 18.0. The molecule has 4 rings (SSSR count). The summed E-state index contributed by atoms with van der Waals surface area (Å²) >= 11 is 0. The van der Waals surface area contributed by atoms with Gasteiger partial charge in [-0.3, -0.25) is 4.79 Å². The third-order valence-electron chi connectivity index (χ3n) is 6.08. The SMILES string of the molecule is Cc1ccc(C(=O)N2CCC[C@H]3[C@@H]2CC(C)(C)N3c2cccc(F)c2)cc1. The predicted molar refractivity (Wildman–Crippen MR) is 107 cm³/mol. The maximum absolute atomic E-state index is 13.9. The van der Waals surface area contributed by atoms with Crippen molar-refractivity contribution in [2.75, 3.05) is 11.4 Å². The summed E-state index contributed by atoms with van der Waals surface area (Å²) < 4.78 is 13.9. The van der Waals surface area contributed by atoms with E-state index in [-0.39, 0.29) is 29.3 Å². The van der Waals surface area contributed by atoms with E-state index in [1.165, 1.54) is 6.07 Å². The van der Waals surface area contributed by atoms with E-state index in [0.29, 0.717) is 0 Å². The van der Waals surface area contributed by atoms with Crippen LogP contribution in [-0.2, 0) is 0 Å². The first-order valence-electron chi connectivity index (χ1n) is 9.79. The minimum absolute atomic E-state index is 0.113. The fraction of sp³-hybridized carbons (Fsp3) is 0.435. The van der Waals surface area contributed by atoms with Crippen molar-refractivity contribution in [3.63, 3.8) is 0 Å². The van der Waals surface area contributed by atoms with Crippen molar-refractivity contribution in [2.24, 2.45) is 0 Å². The minimum Gasteiger partial charge on any atom is -0.361 e. The summed E-state index contributed by atoms with van der Waals surface area (Å²) in [6, 6.07) is 15.1. The van der Waals surface area contributed by atoms with E-state index >= 15 is 0 Å². The second kappa shape index (κ2) is 6.66. The van der Waals surface area contributed by atoms with Crippen molar-refractivity contribution in [3.8, 4) is 0 Å². The first-order chi connectivity index (χ1) is 12.9. The van der Waals surface area contributed by atoms with Crippen LogP contribution in [0.1, 0.15) is 49.0 Å². The number of likely N-dealkylation sites (tertiary alicyclic amines) is 1. The molecule has 2 atom stereocenters. The van der Waals surface area contributed by atoms with Gasteiger partial charge in [0, 0.05) is 23.3 Å². The second-order valence-electron chi connectivity index (χ2n) is 8.51. The number of amides is 1. The van der Waals surface area contributed by atoms with Gasteiger partial charge in [-0.15, -0.1) is 0 Å². The van der Waals surface area contributed by atoms with Crippen molar-refractivity contribution in [1.82, 2.24) is 4.90 Å². The number of halogens is 1. The highest BCUT2D eigenvalue weighted by atomic mass is 19.1. The molecule has 0 radical (unpaired) electrons. The number of fused-ring (bicyclic) bond motifs is 1. The molecule has 1 amide bonds. The maximum Gasteiger partial charge on any atom is 0.254 e. The van der Waals surface area contributed by atoms with Gasteiger partial charge in [0.15, 0.2) is 0 Å². The highest BCUT2D eigenvalue weighted by Gasteiger charge is 2.50. The standard InChI is InChI=1S/C23H27FN2O/c1-16-9-11-17(12-10-16)22(27)25-13-5-8-20-21(25)15-23(2,3)26(20)19-7-4-6-18(24)14-19/h4,6-7,9-12,14,20-21H,5,8,13,15H2,1-3H3/t20-,21-/m0/s1. The molecule has 4 heteroatoms. The van der Waals surface area contributed by atoms with Gasteiger partial charge < -0.3 is 9.80 Å². The summed E-state index contributed by atoms with van der Waals surface area (Å²) in [5.74, 6) is -0.100. The number of piperidine rings is 1. The van der Waals surface area contributed by atoms with Crippen LogP contribution in [0.5, 0.6) is 0 Å². The van der Waals surface area contributed by atoms with Gasteiger partial charge >= 0.3 is 0 Å². The van der Waals surface area contributed by atoms with E-state index in [4.69, 9.17) is 0 Å². The zero-order chi connectivity index (χ0) is 19.2. The van der Waals surface area contributed by atoms with Gasteiger partial charge in [0.05, 0.1) is 12.1 Å². The Morgan fingerprint density at radius 3 is 2.56 bits per heavy atom. The molecule has 2 saturated heterocycles. The molecule has 2 aromatic carbocycles. The average Bonchev–Trinajstić information content (AvgIpc) is 2.91. The van der Waals surface area contributed by atoms with Crippen LogP contribution in [0.4, 0.5) is 10.1 Å². The molecule has 0 bridgehead atoms. The lowest BCUT2D eigenvalue weighted by molar-refractivity contribution is 0.0605. The van der Waals surface area contributed by atoms with Crippen molar-refractivity contribution in [3.05, 3.63) is 65.5 Å². The van der Waals surface area contributed by atoms with Crippen molar-refractivity contribution >= 4 is 11.6 Å². The number of nitrogens with zero attached hydrogens (tertiary/aromatic N) is 2. The van der Waals surface area contributed by atoms with Gasteiger partial charge in [0.2, 0.25) is 0 Å². The van der Waals surface area contributed by atoms with Crippen LogP contribution in [0.2, 0.25) is 0 Å². The third kappa shape index (κ3) is 3.22. The zero-order valence-corrected chi connectivity index (χ0v) is 16.3. The van der Waals surface area contributed by atoms with E-state index in [1.54, 1.807) is 12.1 Å². The fourth-order valence-electron chi connectivity index (χ4n) is 4.92. The van der Waals surface area contributed by atoms with Crippen LogP contribution in [0.25, 0.3) is 0 Å². The highest BCUT2D eigenvalue weighted by molar-refractivity contribution is 5.94. The van der Waals surface area contributed by atoms with Gasteiger partial charge in [0.1, 0.15) is 5.82 Å². The predicted octanol–water partition coefficient (Wildman–Crippen LogP) is 4.80. The Labute approximate surface area is 160 Å². The number of hydrogen-bond acceptors (Lipinski definition) is 2. The number of rotatable bonds is 2. The molecule has 2 aliphatic heterocycles. The number of benzene rings is 2. The van der Waals surface area contributed by atoms with Crippen LogP contribution in [-0.4, -0.2) is 35.0 Å². The molecule has 0 aliphatic carbocycles. The highest BCUT2D eigenvalue weighted by Crippen LogP contribution is 2.44. The monoisotopic (exact) mass is 366 g/mol. The van der Waals surface area contributed by atoms with E-state index in [1.807, 2.05) is 37.3 Å². The third-order valence-corrected chi connectivity index (χ3v) is 6.08. The fourth-order valence-corrected chi connectivity index (χ4v) is 4.92. The summed E-state index contributed by atoms with van der Waals surface area (Å²) in [5.41, 5.74) is 2.70. The molecule has 0 spiro atoms. The van der Waals surface area contributed by atoms with E-state index < -0.39 is 0 Å². The molecule has 0 saturated carbocycles. The molecular formula is C23H27FN2O. The van der Waals surface area contributed by atoms with Gasteiger partial charge in [0.25, 0.3) is 5.91 Å². The summed E-state index contributed by atoms with van der Waals surface area (Å²) in [6.45, 7) is 7.22. The van der Waals surface area contributed by atoms with Crippen LogP contribution in [0.3, 0.4) is 0 Å². The Bertz CT molecular complexity index is 846. The largest absolute Gasteiger partial charge is 0.361 e. The molecular weight excluding hydrogens is 339 g/mol. The lowest BCUT2D eigenvalue weighted by atomic mass is 9.93. The molecule has 3 nitrogen and oxygen atoms in total. The molecule has 2 aliphatic rings. The zero-order valence-electron chi connectivity index (χ0n) is 16.3. The normalized spacial score (nSPS) is 24.0. The Morgan fingerprint density at radius 1 is 1.11 bits per heavy atom.